The molecule has 0 saturated heterocycles. The van der Waals surface area contributed by atoms with Gasteiger partial charge in [0, 0.05) is 23.2 Å². The lowest BCUT2D eigenvalue weighted by molar-refractivity contribution is 0.0950. The van der Waals surface area contributed by atoms with E-state index < -0.39 is 0 Å². The lowest BCUT2D eigenvalue weighted by atomic mass is 10.1. The fourth-order valence-corrected chi connectivity index (χ4v) is 2.38. The van der Waals surface area contributed by atoms with Crippen LogP contribution in [0.1, 0.15) is 25.8 Å². The van der Waals surface area contributed by atoms with Gasteiger partial charge in [0.15, 0.2) is 0 Å². The summed E-state index contributed by atoms with van der Waals surface area (Å²) in [5.74, 6) is -0.107. The first-order valence-electron chi connectivity index (χ1n) is 5.68. The van der Waals surface area contributed by atoms with Crippen molar-refractivity contribution in [3.8, 4) is 0 Å². The predicted octanol–water partition coefficient (Wildman–Crippen LogP) is 1.84. The van der Waals surface area contributed by atoms with Crippen LogP contribution in [0.3, 0.4) is 0 Å². The number of hydrogen-bond donors (Lipinski definition) is 2. The third-order valence-electron chi connectivity index (χ3n) is 2.55. The van der Waals surface area contributed by atoms with Crippen LogP contribution in [0.5, 0.6) is 0 Å². The number of benzene rings is 1. The smallest absolute Gasteiger partial charge is 0.251 e. The van der Waals surface area contributed by atoms with Crippen molar-refractivity contribution in [2.24, 2.45) is 5.73 Å². The Balaban J connectivity index is 2.03. The molecule has 0 aliphatic heterocycles. The lowest BCUT2D eigenvalue weighted by Gasteiger charge is -2.07. The quantitative estimate of drug-likeness (QED) is 0.882. The monoisotopic (exact) mass is 261 g/mol. The Morgan fingerprint density at radius 1 is 1.44 bits per heavy atom. The first-order chi connectivity index (χ1) is 8.70. The zero-order valence-corrected chi connectivity index (χ0v) is 11.0. The summed E-state index contributed by atoms with van der Waals surface area (Å²) in [5, 5.41) is 3.77. The van der Waals surface area contributed by atoms with Gasteiger partial charge in [-0.05, 0) is 18.6 Å². The lowest BCUT2D eigenvalue weighted by Crippen LogP contribution is -2.24. The number of nitrogens with one attached hydrogen (secondary N) is 1. The van der Waals surface area contributed by atoms with Crippen LogP contribution in [-0.4, -0.2) is 10.9 Å². The minimum Gasteiger partial charge on any atom is -0.346 e. The predicted molar refractivity (Wildman–Crippen MR) is 72.4 cm³/mol. The molecule has 0 aliphatic rings. The molecule has 0 aliphatic carbocycles. The first-order valence-corrected chi connectivity index (χ1v) is 6.50. The molecule has 5 heteroatoms. The fourth-order valence-electron chi connectivity index (χ4n) is 1.65. The van der Waals surface area contributed by atoms with Crippen molar-refractivity contribution in [2.45, 2.75) is 20.0 Å². The van der Waals surface area contributed by atoms with Gasteiger partial charge in [-0.1, -0.05) is 18.2 Å². The number of amides is 1. The molecule has 0 atom stereocenters. The second-order valence-corrected chi connectivity index (χ2v) is 5.23. The SMILES string of the molecule is Cc1cnc(CNC(=O)c2ccccc2CN)s1. The van der Waals surface area contributed by atoms with E-state index in [4.69, 9.17) is 5.73 Å². The molecule has 3 N–H and O–H groups in total. The topological polar surface area (TPSA) is 68.0 Å². The van der Waals surface area contributed by atoms with Gasteiger partial charge in [0.05, 0.1) is 6.54 Å². The Hall–Kier alpha value is -1.72. The molecule has 0 saturated carbocycles. The summed E-state index contributed by atoms with van der Waals surface area (Å²) in [7, 11) is 0. The number of rotatable bonds is 4. The maximum absolute atomic E-state index is 12.0. The minimum atomic E-state index is -0.107. The van der Waals surface area contributed by atoms with E-state index in [0.717, 1.165) is 15.4 Å². The highest BCUT2D eigenvalue weighted by molar-refractivity contribution is 7.11. The van der Waals surface area contributed by atoms with Gasteiger partial charge >= 0.3 is 0 Å². The Labute approximate surface area is 110 Å². The van der Waals surface area contributed by atoms with Crippen LogP contribution in [-0.2, 0) is 13.1 Å². The van der Waals surface area contributed by atoms with Gasteiger partial charge in [-0.3, -0.25) is 4.79 Å². The van der Waals surface area contributed by atoms with E-state index in [1.807, 2.05) is 25.1 Å². The van der Waals surface area contributed by atoms with Crippen molar-refractivity contribution >= 4 is 17.2 Å². The largest absolute Gasteiger partial charge is 0.346 e. The van der Waals surface area contributed by atoms with Gasteiger partial charge in [-0.25, -0.2) is 4.98 Å². The number of aromatic nitrogens is 1. The summed E-state index contributed by atoms with van der Waals surface area (Å²) in [4.78, 5) is 17.4. The van der Waals surface area contributed by atoms with Gasteiger partial charge in [0.1, 0.15) is 5.01 Å². The number of carbonyl (C=O) groups excluding carboxylic acids is 1. The molecule has 4 nitrogen and oxygen atoms in total. The Bertz CT molecular complexity index is 551. The van der Waals surface area contributed by atoms with E-state index in [2.05, 4.69) is 10.3 Å². The first kappa shape index (κ1) is 12.7. The minimum absolute atomic E-state index is 0.107. The zero-order chi connectivity index (χ0) is 13.0. The van der Waals surface area contributed by atoms with E-state index in [9.17, 15) is 4.79 Å². The Morgan fingerprint density at radius 2 is 2.22 bits per heavy atom. The van der Waals surface area contributed by atoms with E-state index in [-0.39, 0.29) is 5.91 Å². The maximum atomic E-state index is 12.0. The molecule has 94 valence electrons. The third-order valence-corrected chi connectivity index (χ3v) is 3.46. The second kappa shape index (κ2) is 5.75. The number of nitrogens with two attached hydrogens (primary N) is 1. The van der Waals surface area contributed by atoms with Crippen molar-refractivity contribution in [3.05, 3.63) is 51.5 Å². The number of hydrogen-bond acceptors (Lipinski definition) is 4. The van der Waals surface area contributed by atoms with E-state index >= 15 is 0 Å². The van der Waals surface area contributed by atoms with Crippen LogP contribution in [0.4, 0.5) is 0 Å². The van der Waals surface area contributed by atoms with Crippen LogP contribution in [0.2, 0.25) is 0 Å². The van der Waals surface area contributed by atoms with Crippen molar-refractivity contribution in [1.82, 2.24) is 10.3 Å². The number of carbonyl (C=O) groups is 1. The fraction of sp³-hybridized carbons (Fsp3) is 0.231. The molecule has 1 amide bonds. The molecule has 1 aromatic carbocycles. The van der Waals surface area contributed by atoms with Gasteiger partial charge in [0.2, 0.25) is 0 Å². The number of aryl methyl sites for hydroxylation is 1. The molecule has 0 radical (unpaired) electrons. The van der Waals surface area contributed by atoms with Gasteiger partial charge in [0.25, 0.3) is 5.91 Å². The summed E-state index contributed by atoms with van der Waals surface area (Å²) in [6.45, 7) is 2.81. The van der Waals surface area contributed by atoms with Crippen molar-refractivity contribution in [2.75, 3.05) is 0 Å². The van der Waals surface area contributed by atoms with Crippen LogP contribution < -0.4 is 11.1 Å². The summed E-state index contributed by atoms with van der Waals surface area (Å²) in [6, 6.07) is 7.36. The van der Waals surface area contributed by atoms with E-state index in [1.165, 1.54) is 0 Å². The van der Waals surface area contributed by atoms with Crippen LogP contribution in [0, 0.1) is 6.92 Å². The normalized spacial score (nSPS) is 10.3. The van der Waals surface area contributed by atoms with E-state index in [1.54, 1.807) is 23.6 Å². The summed E-state index contributed by atoms with van der Waals surface area (Å²) in [6.07, 6.45) is 1.81. The average Bonchev–Trinajstić information content (AvgIpc) is 2.81. The molecular formula is C13H15N3OS. The molecule has 0 unspecified atom stereocenters. The van der Waals surface area contributed by atoms with Gasteiger partial charge in [-0.15, -0.1) is 11.3 Å². The van der Waals surface area contributed by atoms with Crippen LogP contribution in [0.25, 0.3) is 0 Å². The molecule has 1 aromatic heterocycles. The molecule has 0 spiro atoms. The van der Waals surface area contributed by atoms with E-state index in [0.29, 0.717) is 18.7 Å². The summed E-state index contributed by atoms with van der Waals surface area (Å²) in [5.41, 5.74) is 7.09. The highest BCUT2D eigenvalue weighted by Gasteiger charge is 2.10. The van der Waals surface area contributed by atoms with Gasteiger partial charge < -0.3 is 11.1 Å². The summed E-state index contributed by atoms with van der Waals surface area (Å²) < 4.78 is 0. The van der Waals surface area contributed by atoms with Gasteiger partial charge in [-0.2, -0.15) is 0 Å². The third kappa shape index (κ3) is 2.94. The Morgan fingerprint density at radius 3 is 2.89 bits per heavy atom. The zero-order valence-electron chi connectivity index (χ0n) is 10.1. The van der Waals surface area contributed by atoms with Crippen LogP contribution in [0.15, 0.2) is 30.5 Å². The molecule has 1 heterocycles. The molecular weight excluding hydrogens is 246 g/mol. The number of thiazole rings is 1. The maximum Gasteiger partial charge on any atom is 0.251 e. The second-order valence-electron chi connectivity index (χ2n) is 3.91. The average molecular weight is 261 g/mol. The highest BCUT2D eigenvalue weighted by Crippen LogP contribution is 2.12. The van der Waals surface area contributed by atoms with Crippen molar-refractivity contribution in [1.29, 1.82) is 0 Å². The van der Waals surface area contributed by atoms with Crippen molar-refractivity contribution in [3.63, 3.8) is 0 Å². The highest BCUT2D eigenvalue weighted by atomic mass is 32.1. The molecule has 2 rings (SSSR count). The van der Waals surface area contributed by atoms with Crippen LogP contribution >= 0.6 is 11.3 Å². The molecule has 2 aromatic rings. The number of nitrogens with zero attached hydrogens (tertiary/aromatic N) is 1. The summed E-state index contributed by atoms with van der Waals surface area (Å²) >= 11 is 1.58. The standard InChI is InChI=1S/C13H15N3OS/c1-9-7-15-12(18-9)8-16-13(17)11-5-3-2-4-10(11)6-14/h2-5,7H,6,8,14H2,1H3,(H,16,17). The molecule has 0 bridgehead atoms. The Kier molecular flexibility index (Phi) is 4.07. The molecule has 0 fully saturated rings. The van der Waals surface area contributed by atoms with Crippen molar-refractivity contribution < 1.29 is 4.79 Å². The molecule has 18 heavy (non-hydrogen) atoms.